The second-order valence-corrected chi connectivity index (χ2v) is 2.66. The van der Waals surface area contributed by atoms with E-state index >= 15 is 0 Å². The van der Waals surface area contributed by atoms with Gasteiger partial charge in [0.15, 0.2) is 0 Å². The molecule has 1 aromatic rings. The zero-order valence-electron chi connectivity index (χ0n) is 8.36. The van der Waals surface area contributed by atoms with Gasteiger partial charge in [-0.2, -0.15) is 0 Å². The Labute approximate surface area is 83.4 Å². The SMILES string of the molecule is CC=C(C(=O)OCC)c1cccnc1. The van der Waals surface area contributed by atoms with Crippen LogP contribution in [0.3, 0.4) is 0 Å². The van der Waals surface area contributed by atoms with Crippen LogP contribution in [0.5, 0.6) is 0 Å². The lowest BCUT2D eigenvalue weighted by Crippen LogP contribution is -2.06. The van der Waals surface area contributed by atoms with E-state index < -0.39 is 0 Å². The van der Waals surface area contributed by atoms with E-state index in [2.05, 4.69) is 4.98 Å². The highest BCUT2D eigenvalue weighted by Crippen LogP contribution is 2.14. The third-order valence-electron chi connectivity index (χ3n) is 1.76. The average molecular weight is 191 g/mol. The molecular weight excluding hydrogens is 178 g/mol. The maximum absolute atomic E-state index is 11.5. The number of carbonyl (C=O) groups excluding carboxylic acids is 1. The van der Waals surface area contributed by atoms with Gasteiger partial charge in [0.05, 0.1) is 12.2 Å². The lowest BCUT2D eigenvalue weighted by atomic mass is 10.1. The van der Waals surface area contributed by atoms with E-state index in [4.69, 9.17) is 4.74 Å². The van der Waals surface area contributed by atoms with Gasteiger partial charge in [0.2, 0.25) is 0 Å². The van der Waals surface area contributed by atoms with Crippen molar-refractivity contribution in [3.05, 3.63) is 36.2 Å². The summed E-state index contributed by atoms with van der Waals surface area (Å²) in [6, 6.07) is 3.62. The van der Waals surface area contributed by atoms with Gasteiger partial charge in [-0.1, -0.05) is 12.1 Å². The minimum atomic E-state index is -0.303. The van der Waals surface area contributed by atoms with Crippen LogP contribution in [0.15, 0.2) is 30.6 Å². The number of esters is 1. The fraction of sp³-hybridized carbons (Fsp3) is 0.273. The molecule has 0 N–H and O–H groups in total. The van der Waals surface area contributed by atoms with Crippen molar-refractivity contribution in [2.45, 2.75) is 13.8 Å². The Hall–Kier alpha value is -1.64. The molecule has 0 aliphatic carbocycles. The van der Waals surface area contributed by atoms with E-state index in [9.17, 15) is 4.79 Å². The Morgan fingerprint density at radius 1 is 1.64 bits per heavy atom. The monoisotopic (exact) mass is 191 g/mol. The van der Waals surface area contributed by atoms with Crippen molar-refractivity contribution >= 4 is 11.5 Å². The minimum absolute atomic E-state index is 0.303. The Morgan fingerprint density at radius 2 is 2.43 bits per heavy atom. The summed E-state index contributed by atoms with van der Waals surface area (Å²) in [5, 5.41) is 0. The van der Waals surface area contributed by atoms with Crippen LogP contribution in [0.25, 0.3) is 5.57 Å². The highest BCUT2D eigenvalue weighted by atomic mass is 16.5. The van der Waals surface area contributed by atoms with E-state index in [0.717, 1.165) is 5.56 Å². The number of hydrogen-bond donors (Lipinski definition) is 0. The van der Waals surface area contributed by atoms with Gasteiger partial charge in [0.1, 0.15) is 0 Å². The standard InChI is InChI=1S/C11H13NO2/c1-3-10(11(13)14-4-2)9-6-5-7-12-8-9/h3,5-8H,4H2,1-2H3. The molecule has 0 amide bonds. The van der Waals surface area contributed by atoms with Gasteiger partial charge in [0.25, 0.3) is 0 Å². The van der Waals surface area contributed by atoms with Crippen molar-refractivity contribution in [2.75, 3.05) is 6.61 Å². The van der Waals surface area contributed by atoms with Crippen molar-refractivity contribution in [3.63, 3.8) is 0 Å². The Bertz CT molecular complexity index is 330. The molecule has 3 nitrogen and oxygen atoms in total. The minimum Gasteiger partial charge on any atom is -0.462 e. The van der Waals surface area contributed by atoms with Crippen LogP contribution in [0.2, 0.25) is 0 Å². The summed E-state index contributed by atoms with van der Waals surface area (Å²) in [7, 11) is 0. The molecule has 1 aromatic heterocycles. The molecule has 74 valence electrons. The van der Waals surface area contributed by atoms with Gasteiger partial charge in [-0.3, -0.25) is 4.98 Å². The Morgan fingerprint density at radius 3 is 2.93 bits per heavy atom. The first-order valence-corrected chi connectivity index (χ1v) is 4.53. The summed E-state index contributed by atoms with van der Waals surface area (Å²) in [4.78, 5) is 15.4. The molecule has 1 rings (SSSR count). The maximum atomic E-state index is 11.5. The molecule has 14 heavy (non-hydrogen) atoms. The predicted molar refractivity (Wildman–Crippen MR) is 54.5 cm³/mol. The highest BCUT2D eigenvalue weighted by Gasteiger charge is 2.11. The molecule has 0 radical (unpaired) electrons. The van der Waals surface area contributed by atoms with E-state index in [1.165, 1.54) is 0 Å². The lowest BCUT2D eigenvalue weighted by Gasteiger charge is -2.05. The van der Waals surface area contributed by atoms with Crippen molar-refractivity contribution in [3.8, 4) is 0 Å². The van der Waals surface area contributed by atoms with Gasteiger partial charge in [-0.15, -0.1) is 0 Å². The molecule has 0 bridgehead atoms. The first-order chi connectivity index (χ1) is 6.79. The zero-order chi connectivity index (χ0) is 10.4. The quantitative estimate of drug-likeness (QED) is 0.542. The average Bonchev–Trinajstić information content (AvgIpc) is 2.21. The van der Waals surface area contributed by atoms with Crippen molar-refractivity contribution in [1.29, 1.82) is 0 Å². The number of pyridine rings is 1. The molecule has 0 unspecified atom stereocenters. The van der Waals surface area contributed by atoms with Gasteiger partial charge < -0.3 is 4.74 Å². The molecule has 1 heterocycles. The molecule has 3 heteroatoms. The van der Waals surface area contributed by atoms with Crippen LogP contribution in [-0.4, -0.2) is 17.6 Å². The largest absolute Gasteiger partial charge is 0.462 e. The maximum Gasteiger partial charge on any atom is 0.338 e. The van der Waals surface area contributed by atoms with Crippen molar-refractivity contribution in [2.24, 2.45) is 0 Å². The first-order valence-electron chi connectivity index (χ1n) is 4.53. The van der Waals surface area contributed by atoms with Crippen LogP contribution in [-0.2, 0) is 9.53 Å². The first kappa shape index (κ1) is 10.4. The van der Waals surface area contributed by atoms with Gasteiger partial charge in [-0.25, -0.2) is 4.79 Å². The normalized spacial score (nSPS) is 11.1. The topological polar surface area (TPSA) is 39.2 Å². The Kier molecular flexibility index (Phi) is 3.85. The number of hydrogen-bond acceptors (Lipinski definition) is 3. The zero-order valence-corrected chi connectivity index (χ0v) is 8.36. The van der Waals surface area contributed by atoms with Gasteiger partial charge >= 0.3 is 5.97 Å². The predicted octanol–water partition coefficient (Wildman–Crippen LogP) is 2.05. The fourth-order valence-corrected chi connectivity index (χ4v) is 1.13. The molecular formula is C11H13NO2. The second kappa shape index (κ2) is 5.17. The van der Waals surface area contributed by atoms with Crippen LogP contribution < -0.4 is 0 Å². The number of carbonyl (C=O) groups is 1. The van der Waals surface area contributed by atoms with Crippen molar-refractivity contribution < 1.29 is 9.53 Å². The number of ether oxygens (including phenoxy) is 1. The van der Waals surface area contributed by atoms with Crippen LogP contribution in [0.4, 0.5) is 0 Å². The smallest absolute Gasteiger partial charge is 0.338 e. The third kappa shape index (κ3) is 2.42. The second-order valence-electron chi connectivity index (χ2n) is 2.66. The summed E-state index contributed by atoms with van der Waals surface area (Å²) >= 11 is 0. The fourth-order valence-electron chi connectivity index (χ4n) is 1.13. The molecule has 0 spiro atoms. The van der Waals surface area contributed by atoms with E-state index in [0.29, 0.717) is 12.2 Å². The lowest BCUT2D eigenvalue weighted by molar-refractivity contribution is -0.136. The van der Waals surface area contributed by atoms with Gasteiger partial charge in [-0.05, 0) is 19.9 Å². The summed E-state index contributed by atoms with van der Waals surface area (Å²) < 4.78 is 4.91. The summed E-state index contributed by atoms with van der Waals surface area (Å²) in [5.41, 5.74) is 1.34. The van der Waals surface area contributed by atoms with E-state index in [1.807, 2.05) is 6.07 Å². The number of rotatable bonds is 3. The molecule has 0 aromatic carbocycles. The van der Waals surface area contributed by atoms with Gasteiger partial charge in [0, 0.05) is 18.0 Å². The number of aromatic nitrogens is 1. The molecule has 0 aliphatic rings. The third-order valence-corrected chi connectivity index (χ3v) is 1.76. The van der Waals surface area contributed by atoms with Crippen LogP contribution >= 0.6 is 0 Å². The van der Waals surface area contributed by atoms with E-state index in [1.54, 1.807) is 38.4 Å². The molecule has 0 atom stereocenters. The van der Waals surface area contributed by atoms with Crippen molar-refractivity contribution in [1.82, 2.24) is 4.98 Å². The molecule has 0 aliphatic heterocycles. The van der Waals surface area contributed by atoms with E-state index in [-0.39, 0.29) is 5.97 Å². The summed E-state index contributed by atoms with van der Waals surface area (Å²) in [6.45, 7) is 3.98. The molecule has 0 fully saturated rings. The van der Waals surface area contributed by atoms with Crippen LogP contribution in [0.1, 0.15) is 19.4 Å². The number of allylic oxidation sites excluding steroid dienone is 1. The summed E-state index contributed by atoms with van der Waals surface area (Å²) in [5.74, 6) is -0.303. The highest BCUT2D eigenvalue weighted by molar-refractivity contribution is 6.16. The summed E-state index contributed by atoms with van der Waals surface area (Å²) in [6.07, 6.45) is 5.04. The molecule has 0 saturated heterocycles. The molecule has 0 saturated carbocycles. The Balaban J connectivity index is 2.89. The van der Waals surface area contributed by atoms with Crippen LogP contribution in [0, 0.1) is 0 Å². The number of nitrogens with zero attached hydrogens (tertiary/aromatic N) is 1.